The Morgan fingerprint density at radius 3 is 2.81 bits per heavy atom. The topological polar surface area (TPSA) is 25.8 Å². The lowest BCUT2D eigenvalue weighted by atomic mass is 10.1. The molecule has 0 atom stereocenters. The number of benzene rings is 1. The fourth-order valence-electron chi connectivity index (χ4n) is 2.21. The molecule has 1 aliphatic carbocycles. The van der Waals surface area contributed by atoms with Gasteiger partial charge >= 0.3 is 0 Å². The molecule has 0 amide bonds. The van der Waals surface area contributed by atoms with Crippen LogP contribution in [0.5, 0.6) is 0 Å². The monoisotopic (exact) mass is 250 g/mol. The van der Waals surface area contributed by atoms with E-state index in [-0.39, 0.29) is 0 Å². The highest BCUT2D eigenvalue weighted by atomic mass is 35.5. The van der Waals surface area contributed by atoms with Gasteiger partial charge in [0.2, 0.25) is 5.28 Å². The second kappa shape index (κ2) is 3.44. The Hall–Kier alpha value is -1.12. The van der Waals surface area contributed by atoms with Gasteiger partial charge in [0.15, 0.2) is 0 Å². The molecule has 1 aromatic carbocycles. The zero-order valence-corrected chi connectivity index (χ0v) is 10.1. The molecule has 4 heteroatoms. The van der Waals surface area contributed by atoms with E-state index in [0.29, 0.717) is 5.28 Å². The van der Waals surface area contributed by atoms with E-state index in [1.807, 2.05) is 25.1 Å². The maximum absolute atomic E-state index is 5.98. The van der Waals surface area contributed by atoms with Crippen molar-refractivity contribution in [1.82, 2.24) is 9.97 Å². The van der Waals surface area contributed by atoms with E-state index in [0.717, 1.165) is 28.4 Å². The Balaban J connectivity index is 2.29. The van der Waals surface area contributed by atoms with Crippen LogP contribution in [0.4, 0.5) is 0 Å². The Kier molecular flexibility index (Phi) is 2.16. The number of fused-ring (bicyclic) bond motifs is 3. The number of rotatable bonds is 0. The van der Waals surface area contributed by atoms with E-state index in [4.69, 9.17) is 23.2 Å². The molecule has 16 heavy (non-hydrogen) atoms. The first-order chi connectivity index (χ1) is 7.65. The SMILES string of the molecule is Cc1nc(Cl)nc2c1-c1ccc(Cl)cc1C2. The van der Waals surface area contributed by atoms with Crippen LogP contribution in [0.2, 0.25) is 10.3 Å². The summed E-state index contributed by atoms with van der Waals surface area (Å²) in [5.74, 6) is 0. The summed E-state index contributed by atoms with van der Waals surface area (Å²) in [4.78, 5) is 8.46. The van der Waals surface area contributed by atoms with Gasteiger partial charge in [-0.1, -0.05) is 17.7 Å². The molecule has 2 nitrogen and oxygen atoms in total. The van der Waals surface area contributed by atoms with Crippen LogP contribution < -0.4 is 0 Å². The molecular formula is C12H8Cl2N2. The van der Waals surface area contributed by atoms with Gasteiger partial charge < -0.3 is 0 Å². The van der Waals surface area contributed by atoms with Gasteiger partial charge in [-0.05, 0) is 41.8 Å². The van der Waals surface area contributed by atoms with Crippen LogP contribution in [0.1, 0.15) is 17.0 Å². The molecule has 0 saturated heterocycles. The molecule has 1 aliphatic rings. The van der Waals surface area contributed by atoms with Crippen molar-refractivity contribution >= 4 is 23.2 Å². The van der Waals surface area contributed by atoms with Crippen molar-refractivity contribution < 1.29 is 0 Å². The Bertz CT molecular complexity index is 594. The van der Waals surface area contributed by atoms with Crippen molar-refractivity contribution in [2.24, 2.45) is 0 Å². The summed E-state index contributed by atoms with van der Waals surface area (Å²) in [6.45, 7) is 1.95. The van der Waals surface area contributed by atoms with Gasteiger partial charge in [0.05, 0.1) is 11.4 Å². The van der Waals surface area contributed by atoms with E-state index in [9.17, 15) is 0 Å². The molecule has 0 fully saturated rings. The fourth-order valence-corrected chi connectivity index (χ4v) is 2.63. The van der Waals surface area contributed by atoms with Gasteiger partial charge in [0.1, 0.15) is 0 Å². The Morgan fingerprint density at radius 2 is 2.00 bits per heavy atom. The zero-order chi connectivity index (χ0) is 11.3. The minimum atomic E-state index is 0.315. The van der Waals surface area contributed by atoms with Crippen molar-refractivity contribution in [1.29, 1.82) is 0 Å². The quantitative estimate of drug-likeness (QED) is 0.570. The van der Waals surface area contributed by atoms with E-state index in [1.165, 1.54) is 11.1 Å². The number of nitrogens with zero attached hydrogens (tertiary/aromatic N) is 2. The molecular weight excluding hydrogens is 243 g/mol. The predicted molar refractivity (Wildman–Crippen MR) is 65.0 cm³/mol. The van der Waals surface area contributed by atoms with Gasteiger partial charge in [-0.2, -0.15) is 0 Å². The molecule has 3 rings (SSSR count). The van der Waals surface area contributed by atoms with Gasteiger partial charge in [0.25, 0.3) is 0 Å². The third-order valence-corrected chi connectivity index (χ3v) is 3.24. The number of halogens is 2. The smallest absolute Gasteiger partial charge is 0.222 e. The summed E-state index contributed by atoms with van der Waals surface area (Å²) in [6, 6.07) is 5.89. The largest absolute Gasteiger partial charge is 0.223 e. The van der Waals surface area contributed by atoms with Crippen molar-refractivity contribution in [3.63, 3.8) is 0 Å². The second-order valence-electron chi connectivity index (χ2n) is 3.88. The third-order valence-electron chi connectivity index (χ3n) is 2.83. The molecule has 0 saturated carbocycles. The maximum atomic E-state index is 5.98. The van der Waals surface area contributed by atoms with Crippen LogP contribution in [-0.4, -0.2) is 9.97 Å². The van der Waals surface area contributed by atoms with Crippen molar-refractivity contribution in [2.75, 3.05) is 0 Å². The number of aryl methyl sites for hydroxylation is 1. The predicted octanol–water partition coefficient (Wildman–Crippen LogP) is 3.66. The van der Waals surface area contributed by atoms with Crippen LogP contribution in [0.3, 0.4) is 0 Å². The van der Waals surface area contributed by atoms with Crippen LogP contribution in [0.15, 0.2) is 18.2 Å². The molecule has 0 spiro atoms. The van der Waals surface area contributed by atoms with E-state index < -0.39 is 0 Å². The van der Waals surface area contributed by atoms with E-state index >= 15 is 0 Å². The average molecular weight is 251 g/mol. The van der Waals surface area contributed by atoms with Crippen LogP contribution in [0.25, 0.3) is 11.1 Å². The summed E-state index contributed by atoms with van der Waals surface area (Å²) in [6.07, 6.45) is 0.786. The van der Waals surface area contributed by atoms with Gasteiger partial charge in [0, 0.05) is 17.0 Å². The lowest BCUT2D eigenvalue weighted by Crippen LogP contribution is -1.94. The highest BCUT2D eigenvalue weighted by Gasteiger charge is 2.23. The molecule has 0 aliphatic heterocycles. The lowest BCUT2D eigenvalue weighted by molar-refractivity contribution is 1.04. The third kappa shape index (κ3) is 1.41. The summed E-state index contributed by atoms with van der Waals surface area (Å²) >= 11 is 11.8. The Labute approximate surface area is 103 Å². The molecule has 0 unspecified atom stereocenters. The standard InChI is InChI=1S/C12H8Cl2N2/c1-6-11-9-3-2-8(13)4-7(9)5-10(11)16-12(14)15-6/h2-4H,5H2,1H3. The maximum Gasteiger partial charge on any atom is 0.222 e. The van der Waals surface area contributed by atoms with Crippen LogP contribution in [0, 0.1) is 6.92 Å². The first kappa shape index (κ1) is 10.1. The number of aromatic nitrogens is 2. The van der Waals surface area contributed by atoms with Gasteiger partial charge in [-0.3, -0.25) is 0 Å². The van der Waals surface area contributed by atoms with Crippen molar-refractivity contribution in [2.45, 2.75) is 13.3 Å². The minimum absolute atomic E-state index is 0.315. The second-order valence-corrected chi connectivity index (χ2v) is 4.65. The summed E-state index contributed by atoms with van der Waals surface area (Å²) in [5.41, 5.74) is 5.40. The highest BCUT2D eigenvalue weighted by molar-refractivity contribution is 6.30. The molecule has 0 radical (unpaired) electrons. The first-order valence-electron chi connectivity index (χ1n) is 4.97. The average Bonchev–Trinajstić information content (AvgIpc) is 2.54. The zero-order valence-electron chi connectivity index (χ0n) is 8.59. The molecule has 1 heterocycles. The van der Waals surface area contributed by atoms with Crippen LogP contribution in [-0.2, 0) is 6.42 Å². The van der Waals surface area contributed by atoms with Gasteiger partial charge in [-0.25, -0.2) is 9.97 Å². The number of hydrogen-bond acceptors (Lipinski definition) is 2. The Morgan fingerprint density at radius 1 is 1.19 bits per heavy atom. The molecule has 80 valence electrons. The van der Waals surface area contributed by atoms with Crippen molar-refractivity contribution in [3.8, 4) is 11.1 Å². The molecule has 1 aromatic heterocycles. The molecule has 0 bridgehead atoms. The number of hydrogen-bond donors (Lipinski definition) is 0. The first-order valence-corrected chi connectivity index (χ1v) is 5.72. The van der Waals surface area contributed by atoms with E-state index in [1.54, 1.807) is 0 Å². The molecule has 0 N–H and O–H groups in total. The fraction of sp³-hybridized carbons (Fsp3) is 0.167. The lowest BCUT2D eigenvalue weighted by Gasteiger charge is -2.04. The minimum Gasteiger partial charge on any atom is -0.223 e. The summed E-state index contributed by atoms with van der Waals surface area (Å²) in [5, 5.41) is 1.07. The van der Waals surface area contributed by atoms with E-state index in [2.05, 4.69) is 9.97 Å². The molecule has 2 aromatic rings. The van der Waals surface area contributed by atoms with Crippen LogP contribution >= 0.6 is 23.2 Å². The van der Waals surface area contributed by atoms with Crippen molar-refractivity contribution in [3.05, 3.63) is 45.5 Å². The summed E-state index contributed by atoms with van der Waals surface area (Å²) in [7, 11) is 0. The highest BCUT2D eigenvalue weighted by Crippen LogP contribution is 2.38. The normalized spacial score (nSPS) is 12.4. The van der Waals surface area contributed by atoms with Gasteiger partial charge in [-0.15, -0.1) is 0 Å². The summed E-state index contributed by atoms with van der Waals surface area (Å²) < 4.78 is 0.